The van der Waals surface area contributed by atoms with E-state index in [1.807, 2.05) is 0 Å². The molecule has 0 aromatic heterocycles. The highest BCUT2D eigenvalue weighted by Gasteiger charge is 2.60. The number of nitrogens with one attached hydrogen (secondary N) is 2. The Bertz CT molecular complexity index is 1900. The van der Waals surface area contributed by atoms with Crippen LogP contribution in [0.3, 0.4) is 0 Å². The number of amides is 2. The monoisotopic (exact) mass is 1150 g/mol. The third-order valence-corrected chi connectivity index (χ3v) is 13.8. The fraction of sp³-hybridized carbons (Fsp3) is 0.930. The van der Waals surface area contributed by atoms with Crippen LogP contribution in [0.2, 0.25) is 0 Å². The van der Waals surface area contributed by atoms with Crippen LogP contribution < -0.4 is 10.6 Å². The summed E-state index contributed by atoms with van der Waals surface area (Å²) in [4.78, 5) is 38.0. The summed E-state index contributed by atoms with van der Waals surface area (Å²) in [6.07, 6.45) is -56.6. The average Bonchev–Trinajstić information content (AvgIpc) is 3.41. The van der Waals surface area contributed by atoms with E-state index in [0.29, 0.717) is 0 Å². The largest absolute Gasteiger partial charge is 0.477 e. The van der Waals surface area contributed by atoms with Crippen LogP contribution in [0.1, 0.15) is 27.2 Å². The van der Waals surface area contributed by atoms with Gasteiger partial charge in [-0.3, -0.25) is 9.59 Å². The van der Waals surface area contributed by atoms with E-state index in [2.05, 4.69) is 10.6 Å². The Hall–Kier alpha value is -2.75. The molecule has 22 N–H and O–H groups in total. The molecule has 0 aromatic rings. The van der Waals surface area contributed by atoms with Gasteiger partial charge < -0.3 is 160 Å². The summed E-state index contributed by atoms with van der Waals surface area (Å²) in [5.74, 6) is -6.81. The Morgan fingerprint density at radius 3 is 1.63 bits per heavy atom. The Labute approximate surface area is 442 Å². The second-order valence-corrected chi connectivity index (χ2v) is 19.4. The van der Waals surface area contributed by atoms with Crippen LogP contribution in [0.5, 0.6) is 0 Å². The van der Waals surface area contributed by atoms with Crippen LogP contribution in [0.15, 0.2) is 0 Å². The molecule has 454 valence electrons. The first kappa shape index (κ1) is 66.1. The molecule has 0 bridgehead atoms. The molecule has 0 unspecified atom stereocenters. The van der Waals surface area contributed by atoms with Gasteiger partial charge >= 0.3 is 5.97 Å². The van der Waals surface area contributed by atoms with E-state index >= 15 is 0 Å². The third-order valence-electron chi connectivity index (χ3n) is 13.8. The molecule has 5 rings (SSSR count). The van der Waals surface area contributed by atoms with E-state index in [1.54, 1.807) is 0 Å². The molecular formula is C43H74N2O33. The number of rotatable bonds is 24. The number of carboxylic acids is 1. The quantitative estimate of drug-likeness (QED) is 0.0427. The van der Waals surface area contributed by atoms with Crippen molar-refractivity contribution in [1.82, 2.24) is 10.6 Å². The van der Waals surface area contributed by atoms with Crippen LogP contribution in [0.4, 0.5) is 0 Å². The minimum absolute atomic E-state index is 0.807. The Morgan fingerprint density at radius 1 is 0.564 bits per heavy atom. The molecule has 5 heterocycles. The summed E-state index contributed by atoms with van der Waals surface area (Å²) >= 11 is 0. The smallest absolute Gasteiger partial charge is 0.364 e. The Balaban J connectivity index is 1.51. The first-order valence-corrected chi connectivity index (χ1v) is 24.5. The lowest BCUT2D eigenvalue weighted by Crippen LogP contribution is -2.71. The molecule has 5 saturated heterocycles. The van der Waals surface area contributed by atoms with Gasteiger partial charge in [0.2, 0.25) is 11.8 Å². The van der Waals surface area contributed by atoms with Gasteiger partial charge in [0, 0.05) is 20.3 Å². The van der Waals surface area contributed by atoms with Gasteiger partial charge in [0.1, 0.15) is 134 Å². The van der Waals surface area contributed by atoms with Gasteiger partial charge in [-0.2, -0.15) is 0 Å². The third kappa shape index (κ3) is 14.7. The summed E-state index contributed by atoms with van der Waals surface area (Å²) < 4.78 is 57.9. The zero-order valence-corrected chi connectivity index (χ0v) is 41.9. The summed E-state index contributed by atoms with van der Waals surface area (Å²) in [5.41, 5.74) is 0. The van der Waals surface area contributed by atoms with Gasteiger partial charge in [0.25, 0.3) is 5.79 Å². The van der Waals surface area contributed by atoms with E-state index in [-0.39, 0.29) is 0 Å². The molecule has 5 fully saturated rings. The Morgan fingerprint density at radius 2 is 1.08 bits per heavy atom. The van der Waals surface area contributed by atoms with E-state index in [0.717, 1.165) is 13.8 Å². The van der Waals surface area contributed by atoms with Gasteiger partial charge in [-0.15, -0.1) is 0 Å². The minimum atomic E-state index is -3.04. The molecule has 0 aromatic carbocycles. The van der Waals surface area contributed by atoms with Crippen molar-refractivity contribution in [2.75, 3.05) is 39.6 Å². The van der Waals surface area contributed by atoms with Gasteiger partial charge in [-0.1, -0.05) is 0 Å². The van der Waals surface area contributed by atoms with Crippen LogP contribution in [0.25, 0.3) is 0 Å². The minimum Gasteiger partial charge on any atom is -0.477 e. The SMILES string of the molecule is CC(=O)N[C@H]1[C@H](O[C@H]2[C@@H](O)[C@@H](CO)O[C@@H](O[C@@H]([C@H](O)[C@@H](O)CO)[C@H](O)CO)[C@@H]2O)O[C@H](CO)[C@@H](O[C@@H]2O[C@H](CO[C@]3(C(=O)O)C[C@H](O)[C@@H](NC(C)=O)[C@H]([C@H](O)[C@H](O)CO)O3)[C@H](O)[C@H](O)[C@H]2O)[C@@H]1O[C@@H]1O[C@@H](C)[C@@H](O)[C@@H](O)[C@@H]1O. The zero-order valence-electron chi connectivity index (χ0n) is 41.9. The lowest BCUT2D eigenvalue weighted by molar-refractivity contribution is -0.390. The fourth-order valence-corrected chi connectivity index (χ4v) is 9.44. The molecule has 0 saturated carbocycles. The maximum atomic E-state index is 13.1. The second-order valence-electron chi connectivity index (χ2n) is 19.4. The number of carboxylic acid groups (broad SMARTS) is 1. The molecule has 30 atom stereocenters. The molecule has 0 aliphatic carbocycles. The van der Waals surface area contributed by atoms with Crippen molar-refractivity contribution < 1.29 is 164 Å². The first-order valence-electron chi connectivity index (χ1n) is 24.5. The molecule has 2 amide bonds. The summed E-state index contributed by atoms with van der Waals surface area (Å²) in [5, 5.41) is 217. The molecule has 0 spiro atoms. The molecule has 35 heteroatoms. The van der Waals surface area contributed by atoms with Crippen molar-refractivity contribution in [3.63, 3.8) is 0 Å². The van der Waals surface area contributed by atoms with Crippen LogP contribution in [-0.4, -0.2) is 343 Å². The van der Waals surface area contributed by atoms with Crippen molar-refractivity contribution in [3.8, 4) is 0 Å². The molecule has 0 radical (unpaired) electrons. The molecule has 5 aliphatic rings. The predicted octanol–water partition coefficient (Wildman–Crippen LogP) is -13.9. The number of aliphatic carboxylic acids is 1. The van der Waals surface area contributed by atoms with Crippen LogP contribution in [-0.2, 0) is 61.8 Å². The fourth-order valence-electron chi connectivity index (χ4n) is 9.44. The summed E-state index contributed by atoms with van der Waals surface area (Å²) in [6.45, 7) is -3.62. The molecular weight excluding hydrogens is 1070 g/mol. The topological polar surface area (TPSA) is 572 Å². The highest BCUT2D eigenvalue weighted by molar-refractivity contribution is 5.76. The van der Waals surface area contributed by atoms with Gasteiger partial charge in [0.05, 0.1) is 57.9 Å². The molecule has 78 heavy (non-hydrogen) atoms. The Kier molecular flexibility index (Phi) is 24.1. The predicted molar refractivity (Wildman–Crippen MR) is 240 cm³/mol. The maximum absolute atomic E-state index is 13.1. The number of aliphatic hydroxyl groups excluding tert-OH is 19. The second kappa shape index (κ2) is 28.5. The van der Waals surface area contributed by atoms with Crippen molar-refractivity contribution in [2.24, 2.45) is 0 Å². The number of carbonyl (C=O) groups excluding carboxylic acids is 2. The van der Waals surface area contributed by atoms with Gasteiger partial charge in [0.15, 0.2) is 25.2 Å². The van der Waals surface area contributed by atoms with Crippen LogP contribution in [0, 0.1) is 0 Å². The number of ether oxygens (including phenoxy) is 10. The lowest BCUT2D eigenvalue weighted by atomic mass is 9.88. The lowest BCUT2D eigenvalue weighted by Gasteiger charge is -2.51. The molecule has 5 aliphatic heterocycles. The van der Waals surface area contributed by atoms with Crippen molar-refractivity contribution in [2.45, 2.75) is 211 Å². The average molecular weight is 1150 g/mol. The standard InChI is InChI=1S/C43H74N2O33/c1-11-23(57)28(62)30(64)39(70-11)76-36-22(45-13(3)52)38(77-37-27(61)18(8-49)71-41(32(37)66)74-33(17(56)7-48)24(58)15(54)5-46)72-19(9-50)34(36)75-40-31(65)29(63)26(60)20(73-40)10-69-43(42(67)68)4-14(53)21(44-12(2)51)35(78-43)25(59)16(55)6-47/h11,14-41,46-50,53-66H,4-10H2,1-3H3,(H,44,51)(H,45,52)(H,67,68)/t11-,14-,15-,16+,17+,18+,19+,20+,21+,22+,23+,24+,25+,26-,27-,28+,29-,30-,31+,32+,33+,34+,35+,36+,37-,38-,39-,40-,41-,43+/m0/s1. The van der Waals surface area contributed by atoms with E-state index in [9.17, 15) is 117 Å². The highest BCUT2D eigenvalue weighted by atomic mass is 16.8. The van der Waals surface area contributed by atoms with Crippen molar-refractivity contribution in [1.29, 1.82) is 0 Å². The number of hydrogen-bond acceptors (Lipinski definition) is 32. The van der Waals surface area contributed by atoms with Crippen molar-refractivity contribution in [3.05, 3.63) is 0 Å². The number of aliphatic hydroxyl groups is 19. The zero-order chi connectivity index (χ0) is 58.4. The number of hydrogen-bond donors (Lipinski definition) is 22. The van der Waals surface area contributed by atoms with E-state index in [1.165, 1.54) is 6.92 Å². The van der Waals surface area contributed by atoms with Crippen LogP contribution >= 0.6 is 0 Å². The maximum Gasteiger partial charge on any atom is 0.364 e. The number of carbonyl (C=O) groups is 3. The first-order chi connectivity index (χ1) is 36.6. The highest BCUT2D eigenvalue weighted by Crippen LogP contribution is 2.38. The van der Waals surface area contributed by atoms with E-state index in [4.69, 9.17) is 47.4 Å². The summed E-state index contributed by atoms with van der Waals surface area (Å²) in [7, 11) is 0. The van der Waals surface area contributed by atoms with Crippen molar-refractivity contribution >= 4 is 17.8 Å². The van der Waals surface area contributed by atoms with Gasteiger partial charge in [-0.25, -0.2) is 4.79 Å². The van der Waals surface area contributed by atoms with Gasteiger partial charge in [-0.05, 0) is 6.92 Å². The summed E-state index contributed by atoms with van der Waals surface area (Å²) in [6, 6.07) is -3.56. The normalized spacial score (nSPS) is 43.8. The van der Waals surface area contributed by atoms with E-state index < -0.39 is 247 Å². The molecule has 35 nitrogen and oxygen atoms in total.